The first-order valence-electron chi connectivity index (χ1n) is 8.18. The van der Waals surface area contributed by atoms with Crippen LogP contribution < -0.4 is 10.1 Å². The first kappa shape index (κ1) is 17.1. The summed E-state index contributed by atoms with van der Waals surface area (Å²) in [6.07, 6.45) is 0. The van der Waals surface area contributed by atoms with Gasteiger partial charge in [0, 0.05) is 21.1 Å². The SMILES string of the molecule is COc1ccc(CNC(=O)c2sc3ccc4ccccc4c3c2Br)cc1. The van der Waals surface area contributed by atoms with E-state index >= 15 is 0 Å². The van der Waals surface area contributed by atoms with Gasteiger partial charge in [-0.3, -0.25) is 4.79 Å². The predicted molar refractivity (Wildman–Crippen MR) is 111 cm³/mol. The van der Waals surface area contributed by atoms with Crippen molar-refractivity contribution in [3.8, 4) is 5.75 Å². The molecule has 0 bridgehead atoms. The van der Waals surface area contributed by atoms with Gasteiger partial charge in [-0.05, 0) is 50.5 Å². The Morgan fingerprint density at radius 3 is 2.62 bits per heavy atom. The van der Waals surface area contributed by atoms with Gasteiger partial charge >= 0.3 is 0 Å². The van der Waals surface area contributed by atoms with Crippen molar-refractivity contribution in [3.05, 3.63) is 75.6 Å². The summed E-state index contributed by atoms with van der Waals surface area (Å²) in [5.74, 6) is 0.733. The van der Waals surface area contributed by atoms with E-state index < -0.39 is 0 Å². The molecule has 0 saturated carbocycles. The Kier molecular flexibility index (Phi) is 4.66. The molecule has 0 unspecified atom stereocenters. The maximum atomic E-state index is 12.7. The molecule has 4 aromatic rings. The number of methoxy groups -OCH3 is 1. The number of rotatable bonds is 4. The average Bonchev–Trinajstić information content (AvgIpc) is 3.03. The zero-order valence-corrected chi connectivity index (χ0v) is 16.5. The Hall–Kier alpha value is -2.37. The third kappa shape index (κ3) is 3.08. The van der Waals surface area contributed by atoms with Gasteiger partial charge in [0.15, 0.2) is 0 Å². The maximum Gasteiger partial charge on any atom is 0.262 e. The second kappa shape index (κ2) is 7.09. The summed E-state index contributed by atoms with van der Waals surface area (Å²) < 4.78 is 7.12. The van der Waals surface area contributed by atoms with Gasteiger partial charge < -0.3 is 10.1 Å². The summed E-state index contributed by atoms with van der Waals surface area (Å²) in [5, 5.41) is 6.43. The summed E-state index contributed by atoms with van der Waals surface area (Å²) in [5.41, 5.74) is 1.03. The minimum absolute atomic E-state index is 0.0713. The number of benzene rings is 3. The molecular formula is C21H16BrNO2S. The van der Waals surface area contributed by atoms with E-state index in [0.717, 1.165) is 31.3 Å². The molecule has 5 heteroatoms. The van der Waals surface area contributed by atoms with Crippen molar-refractivity contribution in [2.24, 2.45) is 0 Å². The molecule has 1 heterocycles. The zero-order chi connectivity index (χ0) is 18.1. The zero-order valence-electron chi connectivity index (χ0n) is 14.1. The summed E-state index contributed by atoms with van der Waals surface area (Å²) in [7, 11) is 1.64. The van der Waals surface area contributed by atoms with Gasteiger partial charge in [0.25, 0.3) is 5.91 Å². The monoisotopic (exact) mass is 425 g/mol. The molecule has 0 saturated heterocycles. The van der Waals surface area contributed by atoms with Crippen LogP contribution >= 0.6 is 27.3 Å². The number of carbonyl (C=O) groups excluding carboxylic acids is 1. The Morgan fingerprint density at radius 2 is 1.85 bits per heavy atom. The van der Waals surface area contributed by atoms with Gasteiger partial charge in [-0.2, -0.15) is 0 Å². The largest absolute Gasteiger partial charge is 0.497 e. The molecule has 1 aromatic heterocycles. The van der Waals surface area contributed by atoms with Gasteiger partial charge in [0.05, 0.1) is 7.11 Å². The highest BCUT2D eigenvalue weighted by Crippen LogP contribution is 2.39. The Morgan fingerprint density at radius 1 is 1.08 bits per heavy atom. The first-order valence-corrected chi connectivity index (χ1v) is 9.79. The lowest BCUT2D eigenvalue weighted by Gasteiger charge is -2.06. The van der Waals surface area contributed by atoms with E-state index in [0.29, 0.717) is 11.4 Å². The normalized spacial score (nSPS) is 11.0. The molecule has 0 aliphatic carbocycles. The smallest absolute Gasteiger partial charge is 0.262 e. The minimum Gasteiger partial charge on any atom is -0.497 e. The van der Waals surface area contributed by atoms with Crippen LogP contribution in [0, 0.1) is 0 Å². The highest BCUT2D eigenvalue weighted by molar-refractivity contribution is 9.10. The molecule has 3 nitrogen and oxygen atoms in total. The number of carbonyl (C=O) groups is 1. The molecule has 0 atom stereocenters. The number of nitrogens with one attached hydrogen (secondary N) is 1. The summed E-state index contributed by atoms with van der Waals surface area (Å²) in [4.78, 5) is 13.4. The second-order valence-corrected chi connectivity index (χ2v) is 7.78. The molecule has 1 amide bonds. The minimum atomic E-state index is -0.0713. The van der Waals surface area contributed by atoms with Gasteiger partial charge in [-0.25, -0.2) is 0 Å². The average molecular weight is 426 g/mol. The van der Waals surface area contributed by atoms with Crippen molar-refractivity contribution in [1.29, 1.82) is 0 Å². The van der Waals surface area contributed by atoms with E-state index in [1.807, 2.05) is 36.4 Å². The molecule has 0 aliphatic heterocycles. The summed E-state index contributed by atoms with van der Waals surface area (Å²) in [6, 6.07) is 20.1. The molecule has 0 radical (unpaired) electrons. The van der Waals surface area contributed by atoms with Crippen LogP contribution in [0.15, 0.2) is 65.1 Å². The third-order valence-electron chi connectivity index (χ3n) is 4.34. The van der Waals surface area contributed by atoms with Crippen molar-refractivity contribution in [2.75, 3.05) is 7.11 Å². The molecule has 130 valence electrons. The van der Waals surface area contributed by atoms with E-state index in [-0.39, 0.29) is 5.91 Å². The number of halogens is 1. The van der Waals surface area contributed by atoms with Gasteiger partial charge in [-0.1, -0.05) is 42.5 Å². The molecule has 3 aromatic carbocycles. The maximum absolute atomic E-state index is 12.7. The standard InChI is InChI=1S/C21H16BrNO2S/c1-25-15-9-6-13(7-10-15)12-23-21(24)20-19(22)18-16-5-3-2-4-14(16)8-11-17(18)26-20/h2-11H,12H2,1H3,(H,23,24). The summed E-state index contributed by atoms with van der Waals surface area (Å²) >= 11 is 5.16. The number of hydrogen-bond donors (Lipinski definition) is 1. The van der Waals surface area contributed by atoms with E-state index in [1.165, 1.54) is 16.7 Å². The number of ether oxygens (including phenoxy) is 1. The predicted octanol–water partition coefficient (Wildman–Crippen LogP) is 5.76. The van der Waals surface area contributed by atoms with Crippen LogP contribution in [-0.4, -0.2) is 13.0 Å². The van der Waals surface area contributed by atoms with Crippen LogP contribution in [-0.2, 0) is 6.54 Å². The van der Waals surface area contributed by atoms with E-state index in [1.54, 1.807) is 7.11 Å². The second-order valence-electron chi connectivity index (χ2n) is 5.94. The van der Waals surface area contributed by atoms with Crippen molar-refractivity contribution >= 4 is 54.0 Å². The van der Waals surface area contributed by atoms with Crippen molar-refractivity contribution in [2.45, 2.75) is 6.54 Å². The van der Waals surface area contributed by atoms with Crippen LogP contribution in [0.3, 0.4) is 0 Å². The van der Waals surface area contributed by atoms with Crippen LogP contribution in [0.4, 0.5) is 0 Å². The quantitative estimate of drug-likeness (QED) is 0.451. The topological polar surface area (TPSA) is 38.3 Å². The Bertz CT molecular complexity index is 1100. The molecule has 1 N–H and O–H groups in total. The highest BCUT2D eigenvalue weighted by Gasteiger charge is 2.18. The fraction of sp³-hybridized carbons (Fsp3) is 0.0952. The van der Waals surface area contributed by atoms with Gasteiger partial charge in [0.2, 0.25) is 0 Å². The van der Waals surface area contributed by atoms with Crippen molar-refractivity contribution in [3.63, 3.8) is 0 Å². The van der Waals surface area contributed by atoms with Crippen molar-refractivity contribution < 1.29 is 9.53 Å². The Labute approximate surface area is 163 Å². The molecule has 0 aliphatic rings. The van der Waals surface area contributed by atoms with E-state index in [9.17, 15) is 4.79 Å². The molecule has 26 heavy (non-hydrogen) atoms. The fourth-order valence-electron chi connectivity index (χ4n) is 2.98. The van der Waals surface area contributed by atoms with Crippen LogP contribution in [0.5, 0.6) is 5.75 Å². The number of fused-ring (bicyclic) bond motifs is 3. The van der Waals surface area contributed by atoms with Gasteiger partial charge in [-0.15, -0.1) is 11.3 Å². The Balaban J connectivity index is 1.62. The van der Waals surface area contributed by atoms with Crippen LogP contribution in [0.2, 0.25) is 0 Å². The number of thiophene rings is 1. The summed E-state index contributed by atoms with van der Waals surface area (Å²) in [6.45, 7) is 0.476. The van der Waals surface area contributed by atoms with Gasteiger partial charge in [0.1, 0.15) is 10.6 Å². The molecular weight excluding hydrogens is 410 g/mol. The molecule has 0 spiro atoms. The number of hydrogen-bond acceptors (Lipinski definition) is 3. The molecule has 0 fully saturated rings. The highest BCUT2D eigenvalue weighted by atomic mass is 79.9. The lowest BCUT2D eigenvalue weighted by atomic mass is 10.1. The number of amides is 1. The fourth-order valence-corrected chi connectivity index (χ4v) is 4.99. The van der Waals surface area contributed by atoms with Crippen LogP contribution in [0.25, 0.3) is 20.9 Å². The molecule has 4 rings (SSSR count). The van der Waals surface area contributed by atoms with Crippen LogP contribution in [0.1, 0.15) is 15.2 Å². The lowest BCUT2D eigenvalue weighted by molar-refractivity contribution is 0.0954. The third-order valence-corrected chi connectivity index (χ3v) is 6.55. The lowest BCUT2D eigenvalue weighted by Crippen LogP contribution is -2.22. The first-order chi connectivity index (χ1) is 12.7. The van der Waals surface area contributed by atoms with E-state index in [4.69, 9.17) is 4.74 Å². The van der Waals surface area contributed by atoms with E-state index in [2.05, 4.69) is 45.5 Å². The van der Waals surface area contributed by atoms with Crippen molar-refractivity contribution in [1.82, 2.24) is 5.32 Å².